The molecule has 0 aromatic heterocycles. The Bertz CT molecular complexity index is 581. The molecule has 1 saturated carbocycles. The molecule has 2 aliphatic rings. The van der Waals surface area contributed by atoms with E-state index in [1.54, 1.807) is 19.2 Å². The van der Waals surface area contributed by atoms with Gasteiger partial charge in [-0.05, 0) is 37.5 Å². The molecule has 5 heteroatoms. The van der Waals surface area contributed by atoms with Gasteiger partial charge in [0, 0.05) is 26.1 Å². The molecule has 23 heavy (non-hydrogen) atoms. The van der Waals surface area contributed by atoms with Crippen molar-refractivity contribution in [3.63, 3.8) is 0 Å². The minimum absolute atomic E-state index is 0.0415. The van der Waals surface area contributed by atoms with Crippen molar-refractivity contribution in [2.24, 2.45) is 0 Å². The van der Waals surface area contributed by atoms with Crippen molar-refractivity contribution in [3.05, 3.63) is 47.5 Å². The highest BCUT2D eigenvalue weighted by atomic mass is 19.4. The Kier molecular flexibility index (Phi) is 4.27. The van der Waals surface area contributed by atoms with Gasteiger partial charge in [0.2, 0.25) is 0 Å². The van der Waals surface area contributed by atoms with E-state index in [9.17, 15) is 13.2 Å². The van der Waals surface area contributed by atoms with Gasteiger partial charge in [-0.2, -0.15) is 13.2 Å². The zero-order chi connectivity index (χ0) is 16.7. The average molecular weight is 325 g/mol. The third-order valence-corrected chi connectivity index (χ3v) is 5.09. The lowest BCUT2D eigenvalue weighted by atomic mass is 9.98. The van der Waals surface area contributed by atoms with E-state index >= 15 is 0 Å². The second kappa shape index (κ2) is 5.95. The van der Waals surface area contributed by atoms with Crippen LogP contribution in [-0.2, 0) is 16.5 Å². The number of rotatable bonds is 3. The van der Waals surface area contributed by atoms with Crippen LogP contribution in [0.25, 0.3) is 0 Å². The first-order valence-corrected chi connectivity index (χ1v) is 8.02. The van der Waals surface area contributed by atoms with Gasteiger partial charge in [-0.15, -0.1) is 0 Å². The van der Waals surface area contributed by atoms with Gasteiger partial charge in [0.15, 0.2) is 0 Å². The molecule has 126 valence electrons. The molecule has 1 heterocycles. The second-order valence-electron chi connectivity index (χ2n) is 6.47. The Morgan fingerprint density at radius 2 is 1.87 bits per heavy atom. The smallest absolute Gasteiger partial charge is 0.379 e. The molecule has 1 aliphatic heterocycles. The van der Waals surface area contributed by atoms with Crippen molar-refractivity contribution in [1.82, 2.24) is 4.90 Å². The first-order valence-electron chi connectivity index (χ1n) is 8.02. The lowest BCUT2D eigenvalue weighted by molar-refractivity contribution is -0.137. The van der Waals surface area contributed by atoms with Crippen LogP contribution >= 0.6 is 0 Å². The van der Waals surface area contributed by atoms with E-state index in [1.165, 1.54) is 12.1 Å². The first-order chi connectivity index (χ1) is 10.9. The maximum absolute atomic E-state index is 12.8. The summed E-state index contributed by atoms with van der Waals surface area (Å²) in [5.74, 6) is 0. The molecule has 0 N–H and O–H groups in total. The fourth-order valence-corrected chi connectivity index (χ4v) is 3.79. The Hall–Kier alpha value is -1.33. The van der Waals surface area contributed by atoms with E-state index in [-0.39, 0.29) is 11.6 Å². The van der Waals surface area contributed by atoms with E-state index in [1.807, 2.05) is 0 Å². The molecule has 1 aromatic rings. The van der Waals surface area contributed by atoms with E-state index in [2.05, 4.69) is 24.0 Å². The average Bonchev–Trinajstić information content (AvgIpc) is 3.27. The second-order valence-corrected chi connectivity index (χ2v) is 6.47. The molecule has 1 aliphatic carbocycles. The fourth-order valence-electron chi connectivity index (χ4n) is 3.79. The lowest BCUT2D eigenvalue weighted by Gasteiger charge is -2.37. The minimum atomic E-state index is -4.30. The molecule has 0 radical (unpaired) electrons. The summed E-state index contributed by atoms with van der Waals surface area (Å²) in [6.45, 7) is 3.07. The minimum Gasteiger partial charge on any atom is -0.379 e. The normalized spacial score (nSPS) is 31.9. The van der Waals surface area contributed by atoms with Gasteiger partial charge in [0.1, 0.15) is 0 Å². The van der Waals surface area contributed by atoms with Crippen molar-refractivity contribution in [1.29, 1.82) is 0 Å². The van der Waals surface area contributed by atoms with Crippen molar-refractivity contribution >= 4 is 0 Å². The SMILES string of the molecule is COC1CC1(c1ccc(C(F)(F)F)cc1)N1CCC=CCC1C. The van der Waals surface area contributed by atoms with Crippen LogP contribution in [0.1, 0.15) is 37.3 Å². The monoisotopic (exact) mass is 325 g/mol. The summed E-state index contributed by atoms with van der Waals surface area (Å²) in [5, 5.41) is 0. The van der Waals surface area contributed by atoms with Crippen molar-refractivity contribution in [2.75, 3.05) is 13.7 Å². The van der Waals surface area contributed by atoms with Crippen LogP contribution in [0.2, 0.25) is 0 Å². The van der Waals surface area contributed by atoms with E-state index < -0.39 is 11.7 Å². The molecule has 0 amide bonds. The highest BCUT2D eigenvalue weighted by Crippen LogP contribution is 2.54. The molecule has 1 fully saturated rings. The fraction of sp³-hybridized carbons (Fsp3) is 0.556. The van der Waals surface area contributed by atoms with Crippen LogP contribution < -0.4 is 0 Å². The Morgan fingerprint density at radius 1 is 1.17 bits per heavy atom. The lowest BCUT2D eigenvalue weighted by Crippen LogP contribution is -2.44. The maximum atomic E-state index is 12.8. The number of nitrogens with zero attached hydrogens (tertiary/aromatic N) is 1. The zero-order valence-corrected chi connectivity index (χ0v) is 13.4. The molecule has 3 atom stereocenters. The molecule has 3 rings (SSSR count). The van der Waals surface area contributed by atoms with Crippen molar-refractivity contribution < 1.29 is 17.9 Å². The molecular weight excluding hydrogens is 303 g/mol. The van der Waals surface area contributed by atoms with Crippen LogP contribution in [0, 0.1) is 0 Å². The van der Waals surface area contributed by atoms with E-state index in [0.29, 0.717) is 6.04 Å². The Labute approximate surface area is 134 Å². The largest absolute Gasteiger partial charge is 0.416 e. The van der Waals surface area contributed by atoms with Gasteiger partial charge in [0.25, 0.3) is 0 Å². The summed E-state index contributed by atoms with van der Waals surface area (Å²) in [7, 11) is 1.68. The molecule has 0 saturated heterocycles. The Morgan fingerprint density at radius 3 is 2.43 bits per heavy atom. The molecule has 0 spiro atoms. The summed E-state index contributed by atoms with van der Waals surface area (Å²) in [6, 6.07) is 5.95. The number of ether oxygens (including phenoxy) is 1. The summed E-state index contributed by atoms with van der Waals surface area (Å²) in [6.07, 6.45) is 2.87. The number of hydrogen-bond acceptors (Lipinski definition) is 2. The quantitative estimate of drug-likeness (QED) is 0.766. The number of alkyl halides is 3. The van der Waals surface area contributed by atoms with Gasteiger partial charge >= 0.3 is 6.18 Å². The highest BCUT2D eigenvalue weighted by molar-refractivity contribution is 5.37. The standard InChI is InChI=1S/C18H22F3NO/c1-13-6-4-3-5-11-22(13)17(12-16(17)23-2)14-7-9-15(10-8-14)18(19,20)21/h3-4,7-10,13,16H,5-6,11-12H2,1-2H3. The van der Waals surface area contributed by atoms with Gasteiger partial charge in [-0.1, -0.05) is 24.3 Å². The topological polar surface area (TPSA) is 12.5 Å². The molecule has 2 nitrogen and oxygen atoms in total. The predicted molar refractivity (Wildman–Crippen MR) is 83.1 cm³/mol. The van der Waals surface area contributed by atoms with Crippen molar-refractivity contribution in [3.8, 4) is 0 Å². The number of halogens is 3. The molecule has 3 unspecified atom stereocenters. The molecule has 1 aromatic carbocycles. The van der Waals surface area contributed by atoms with Crippen LogP contribution in [0.3, 0.4) is 0 Å². The molecule has 0 bridgehead atoms. The summed E-state index contributed by atoms with van der Waals surface area (Å²) >= 11 is 0. The van der Waals surface area contributed by atoms with Gasteiger partial charge in [0.05, 0.1) is 17.2 Å². The third kappa shape index (κ3) is 2.92. The summed E-state index contributed by atoms with van der Waals surface area (Å²) in [4.78, 5) is 2.41. The van der Waals surface area contributed by atoms with E-state index in [0.717, 1.165) is 31.4 Å². The van der Waals surface area contributed by atoms with Gasteiger partial charge in [-0.25, -0.2) is 0 Å². The van der Waals surface area contributed by atoms with Gasteiger partial charge < -0.3 is 4.74 Å². The molecular formula is C18H22F3NO. The summed E-state index contributed by atoms with van der Waals surface area (Å²) in [5.41, 5.74) is 0.0346. The third-order valence-electron chi connectivity index (χ3n) is 5.09. The van der Waals surface area contributed by atoms with Crippen molar-refractivity contribution in [2.45, 2.75) is 50.0 Å². The maximum Gasteiger partial charge on any atom is 0.416 e. The highest BCUT2D eigenvalue weighted by Gasteiger charge is 2.60. The number of benzene rings is 1. The zero-order valence-electron chi connectivity index (χ0n) is 13.4. The number of hydrogen-bond donors (Lipinski definition) is 0. The van der Waals surface area contributed by atoms with Crippen LogP contribution in [-0.4, -0.2) is 30.7 Å². The van der Waals surface area contributed by atoms with Gasteiger partial charge in [-0.3, -0.25) is 4.90 Å². The van der Waals surface area contributed by atoms with Crippen LogP contribution in [0.4, 0.5) is 13.2 Å². The first kappa shape index (κ1) is 16.5. The number of methoxy groups -OCH3 is 1. The van der Waals surface area contributed by atoms with Crippen LogP contribution in [0.5, 0.6) is 0 Å². The van der Waals surface area contributed by atoms with E-state index in [4.69, 9.17) is 4.74 Å². The Balaban J connectivity index is 1.92. The van der Waals surface area contributed by atoms with Crippen LogP contribution in [0.15, 0.2) is 36.4 Å². The predicted octanol–water partition coefficient (Wildman–Crippen LogP) is 4.36. The summed E-state index contributed by atoms with van der Waals surface area (Å²) < 4.78 is 44.0.